The summed E-state index contributed by atoms with van der Waals surface area (Å²) in [6.07, 6.45) is 0. The van der Waals surface area contributed by atoms with E-state index in [1.165, 1.54) is 26.2 Å². The maximum atomic E-state index is 11.8. The van der Waals surface area contributed by atoms with Crippen LogP contribution in [0.4, 0.5) is 0 Å². The Morgan fingerprint density at radius 2 is 1.87 bits per heavy atom. The Hall–Kier alpha value is -0.590. The van der Waals surface area contributed by atoms with E-state index in [0.29, 0.717) is 10.0 Å². The molecule has 4 nitrogen and oxygen atoms in total. The summed E-state index contributed by atoms with van der Waals surface area (Å²) in [7, 11) is -0.519. The van der Waals surface area contributed by atoms with E-state index in [1.807, 2.05) is 0 Å². The summed E-state index contributed by atoms with van der Waals surface area (Å²) in [5, 5.41) is 9.37. The van der Waals surface area contributed by atoms with Crippen LogP contribution in [0.1, 0.15) is 5.56 Å². The molecule has 1 aromatic rings. The summed E-state index contributed by atoms with van der Waals surface area (Å²) in [6.45, 7) is 1.64. The third-order valence-electron chi connectivity index (χ3n) is 2.00. The number of hydrogen-bond acceptors (Lipinski definition) is 3. The van der Waals surface area contributed by atoms with Gasteiger partial charge >= 0.3 is 0 Å². The molecule has 0 unspecified atom stereocenters. The minimum Gasteiger partial charge on any atom is -0.507 e. The maximum absolute atomic E-state index is 11.8. The SMILES string of the molecule is Cc1cc(O)c(Br)cc1S(=O)(=O)N(C)C. The summed E-state index contributed by atoms with van der Waals surface area (Å²) < 4.78 is 25.2. The summed E-state index contributed by atoms with van der Waals surface area (Å²) in [5.41, 5.74) is 0.518. The molecular formula is C9H12BrNO3S. The zero-order chi connectivity index (χ0) is 11.8. The van der Waals surface area contributed by atoms with E-state index in [-0.39, 0.29) is 10.6 Å². The van der Waals surface area contributed by atoms with Gasteiger partial charge in [0.05, 0.1) is 9.37 Å². The Labute approximate surface area is 97.7 Å². The van der Waals surface area contributed by atoms with Crippen molar-refractivity contribution in [1.82, 2.24) is 4.31 Å². The largest absolute Gasteiger partial charge is 0.507 e. The first-order valence-corrected chi connectivity index (χ1v) is 6.41. The number of phenols is 1. The highest BCUT2D eigenvalue weighted by atomic mass is 79.9. The van der Waals surface area contributed by atoms with Crippen molar-refractivity contribution in [3.05, 3.63) is 22.2 Å². The molecule has 0 amide bonds. The fourth-order valence-electron chi connectivity index (χ4n) is 1.12. The molecule has 0 aliphatic heterocycles. The molecule has 84 valence electrons. The number of nitrogens with zero attached hydrogens (tertiary/aromatic N) is 1. The first-order chi connectivity index (χ1) is 6.76. The summed E-state index contributed by atoms with van der Waals surface area (Å²) in [5.74, 6) is 0.0326. The fraction of sp³-hybridized carbons (Fsp3) is 0.333. The van der Waals surface area contributed by atoms with Gasteiger partial charge in [0.1, 0.15) is 5.75 Å². The average molecular weight is 294 g/mol. The van der Waals surface area contributed by atoms with E-state index >= 15 is 0 Å². The molecule has 0 heterocycles. The molecule has 1 aromatic carbocycles. The minimum atomic E-state index is -3.45. The van der Waals surface area contributed by atoms with E-state index in [0.717, 1.165) is 4.31 Å². The van der Waals surface area contributed by atoms with Crippen LogP contribution < -0.4 is 0 Å². The van der Waals surface area contributed by atoms with E-state index in [4.69, 9.17) is 0 Å². The number of phenolic OH excluding ortho intramolecular Hbond substituents is 1. The average Bonchev–Trinajstić information content (AvgIpc) is 2.10. The Bertz CT molecular complexity index is 482. The fourth-order valence-corrected chi connectivity index (χ4v) is 2.74. The van der Waals surface area contributed by atoms with E-state index in [9.17, 15) is 13.5 Å². The van der Waals surface area contributed by atoms with Crippen molar-refractivity contribution in [1.29, 1.82) is 0 Å². The predicted octanol–water partition coefficient (Wildman–Crippen LogP) is 1.71. The van der Waals surface area contributed by atoms with Gasteiger partial charge in [0.2, 0.25) is 10.0 Å². The molecule has 6 heteroatoms. The Morgan fingerprint density at radius 3 is 2.33 bits per heavy atom. The first-order valence-electron chi connectivity index (χ1n) is 4.18. The lowest BCUT2D eigenvalue weighted by Gasteiger charge is -2.14. The van der Waals surface area contributed by atoms with Crippen molar-refractivity contribution in [2.24, 2.45) is 0 Å². The van der Waals surface area contributed by atoms with Gasteiger partial charge in [0.25, 0.3) is 0 Å². The number of benzene rings is 1. The van der Waals surface area contributed by atoms with Gasteiger partial charge < -0.3 is 5.11 Å². The minimum absolute atomic E-state index is 0.0326. The van der Waals surface area contributed by atoms with Gasteiger partial charge in [-0.25, -0.2) is 12.7 Å². The summed E-state index contributed by atoms with van der Waals surface area (Å²) in [6, 6.07) is 2.82. The molecule has 0 saturated carbocycles. The van der Waals surface area contributed by atoms with Crippen LogP contribution in [-0.2, 0) is 10.0 Å². The highest BCUT2D eigenvalue weighted by molar-refractivity contribution is 9.10. The van der Waals surface area contributed by atoms with Crippen molar-refractivity contribution < 1.29 is 13.5 Å². The van der Waals surface area contributed by atoms with E-state index in [1.54, 1.807) is 6.92 Å². The van der Waals surface area contributed by atoms with Crippen LogP contribution in [0.5, 0.6) is 5.75 Å². The van der Waals surface area contributed by atoms with Gasteiger partial charge in [-0.2, -0.15) is 0 Å². The molecule has 0 aliphatic carbocycles. The van der Waals surface area contributed by atoms with Gasteiger partial charge in [-0.05, 0) is 40.5 Å². The molecule has 0 aliphatic rings. The van der Waals surface area contributed by atoms with Crippen molar-refractivity contribution >= 4 is 26.0 Å². The molecule has 1 rings (SSSR count). The van der Waals surface area contributed by atoms with Gasteiger partial charge in [-0.1, -0.05) is 0 Å². The topological polar surface area (TPSA) is 57.6 Å². The normalized spacial score (nSPS) is 12.1. The van der Waals surface area contributed by atoms with Crippen molar-refractivity contribution in [3.63, 3.8) is 0 Å². The van der Waals surface area contributed by atoms with Crippen LogP contribution >= 0.6 is 15.9 Å². The van der Waals surface area contributed by atoms with Gasteiger partial charge in [-0.15, -0.1) is 0 Å². The Balaban J connectivity index is 3.46. The second-order valence-electron chi connectivity index (χ2n) is 3.36. The highest BCUT2D eigenvalue weighted by Gasteiger charge is 2.20. The van der Waals surface area contributed by atoms with Crippen LogP contribution in [-0.4, -0.2) is 31.9 Å². The van der Waals surface area contributed by atoms with Gasteiger partial charge in [-0.3, -0.25) is 0 Å². The maximum Gasteiger partial charge on any atom is 0.242 e. The lowest BCUT2D eigenvalue weighted by atomic mass is 10.2. The summed E-state index contributed by atoms with van der Waals surface area (Å²) in [4.78, 5) is 0.192. The Morgan fingerprint density at radius 1 is 1.33 bits per heavy atom. The summed E-state index contributed by atoms with van der Waals surface area (Å²) >= 11 is 3.09. The predicted molar refractivity (Wildman–Crippen MR) is 61.4 cm³/mol. The number of aryl methyl sites for hydroxylation is 1. The van der Waals surface area contributed by atoms with Crippen LogP contribution in [0.25, 0.3) is 0 Å². The van der Waals surface area contributed by atoms with Crippen LogP contribution in [0.15, 0.2) is 21.5 Å². The van der Waals surface area contributed by atoms with E-state index in [2.05, 4.69) is 15.9 Å². The number of hydrogen-bond donors (Lipinski definition) is 1. The molecule has 0 spiro atoms. The van der Waals surface area contributed by atoms with Crippen molar-refractivity contribution in [3.8, 4) is 5.75 Å². The van der Waals surface area contributed by atoms with Crippen LogP contribution in [0, 0.1) is 6.92 Å². The molecule has 0 aromatic heterocycles. The number of aromatic hydroxyl groups is 1. The van der Waals surface area contributed by atoms with E-state index < -0.39 is 10.0 Å². The number of rotatable bonds is 2. The van der Waals surface area contributed by atoms with Gasteiger partial charge in [0, 0.05) is 14.1 Å². The van der Waals surface area contributed by atoms with Crippen molar-refractivity contribution in [2.75, 3.05) is 14.1 Å². The third-order valence-corrected chi connectivity index (χ3v) is 4.60. The van der Waals surface area contributed by atoms with Crippen LogP contribution in [0.2, 0.25) is 0 Å². The third kappa shape index (κ3) is 2.32. The molecule has 0 atom stereocenters. The molecule has 15 heavy (non-hydrogen) atoms. The second kappa shape index (κ2) is 4.11. The molecule has 0 bridgehead atoms. The lowest BCUT2D eigenvalue weighted by Crippen LogP contribution is -2.23. The van der Waals surface area contributed by atoms with Gasteiger partial charge in [0.15, 0.2) is 0 Å². The Kier molecular flexibility index (Phi) is 3.42. The van der Waals surface area contributed by atoms with Crippen LogP contribution in [0.3, 0.4) is 0 Å². The highest BCUT2D eigenvalue weighted by Crippen LogP contribution is 2.30. The molecular weight excluding hydrogens is 282 g/mol. The zero-order valence-electron chi connectivity index (χ0n) is 8.65. The molecule has 0 fully saturated rings. The molecule has 0 radical (unpaired) electrons. The second-order valence-corrected chi connectivity index (χ2v) is 6.33. The lowest BCUT2D eigenvalue weighted by molar-refractivity contribution is 0.470. The number of sulfonamides is 1. The standard InChI is InChI=1S/C9H12BrNO3S/c1-6-4-8(12)7(10)5-9(6)15(13,14)11(2)3/h4-5,12H,1-3H3. The monoisotopic (exact) mass is 293 g/mol. The quantitative estimate of drug-likeness (QED) is 0.903. The smallest absolute Gasteiger partial charge is 0.242 e. The zero-order valence-corrected chi connectivity index (χ0v) is 11.1. The van der Waals surface area contributed by atoms with Crippen molar-refractivity contribution in [2.45, 2.75) is 11.8 Å². The first kappa shape index (κ1) is 12.5. The number of halogens is 1. The molecule has 0 saturated heterocycles. The molecule has 1 N–H and O–H groups in total.